The number of hydrogen-bond acceptors (Lipinski definition) is 7. The van der Waals surface area contributed by atoms with Crippen LogP contribution in [0.1, 0.15) is 19.4 Å². The lowest BCUT2D eigenvalue weighted by atomic mass is 10.2. The zero-order chi connectivity index (χ0) is 20.5. The standard InChI is InChI=1S/C19H17FN2O6/c1-12(23)27-17-6-3-14(18(9-17)28-13(2)24)10-21-22-19(25)11-26-16-7-4-15(20)5-8-16/h3-10H,11H2,1-2H3,(H,22,25). The maximum atomic E-state index is 12.8. The number of halogens is 1. The third kappa shape index (κ3) is 6.87. The van der Waals surface area contributed by atoms with Gasteiger partial charge in [-0.25, -0.2) is 9.82 Å². The molecular weight excluding hydrogens is 371 g/mol. The second kappa shape index (κ2) is 9.81. The van der Waals surface area contributed by atoms with Crippen LogP contribution in [0.2, 0.25) is 0 Å². The van der Waals surface area contributed by atoms with E-state index in [0.717, 1.165) is 0 Å². The van der Waals surface area contributed by atoms with Crippen molar-refractivity contribution in [2.45, 2.75) is 13.8 Å². The van der Waals surface area contributed by atoms with Crippen LogP contribution < -0.4 is 19.6 Å². The molecule has 0 saturated heterocycles. The third-order valence-electron chi connectivity index (χ3n) is 3.08. The van der Waals surface area contributed by atoms with Crippen LogP contribution in [0.5, 0.6) is 17.2 Å². The first-order chi connectivity index (χ1) is 13.3. The molecule has 2 rings (SSSR count). The SMILES string of the molecule is CC(=O)Oc1ccc(C=NNC(=O)COc2ccc(F)cc2)c(OC(C)=O)c1. The van der Waals surface area contributed by atoms with E-state index < -0.39 is 23.7 Å². The zero-order valence-electron chi connectivity index (χ0n) is 15.1. The van der Waals surface area contributed by atoms with Crippen LogP contribution in [0.4, 0.5) is 4.39 Å². The fourth-order valence-electron chi connectivity index (χ4n) is 1.98. The Balaban J connectivity index is 1.97. The molecule has 0 aliphatic rings. The van der Waals surface area contributed by atoms with Crippen LogP contribution in [0, 0.1) is 5.82 Å². The molecule has 0 heterocycles. The second-order valence-corrected chi connectivity index (χ2v) is 5.42. The van der Waals surface area contributed by atoms with E-state index in [4.69, 9.17) is 14.2 Å². The van der Waals surface area contributed by atoms with Crippen molar-refractivity contribution in [2.24, 2.45) is 5.10 Å². The van der Waals surface area contributed by atoms with Gasteiger partial charge in [0.15, 0.2) is 6.61 Å². The van der Waals surface area contributed by atoms with E-state index >= 15 is 0 Å². The van der Waals surface area contributed by atoms with Gasteiger partial charge in [0.2, 0.25) is 0 Å². The quantitative estimate of drug-likeness (QED) is 0.338. The fourth-order valence-corrected chi connectivity index (χ4v) is 1.98. The Hall–Kier alpha value is -3.75. The Morgan fingerprint density at radius 1 is 1.00 bits per heavy atom. The van der Waals surface area contributed by atoms with Gasteiger partial charge < -0.3 is 14.2 Å². The summed E-state index contributed by atoms with van der Waals surface area (Å²) in [7, 11) is 0. The second-order valence-electron chi connectivity index (χ2n) is 5.42. The van der Waals surface area contributed by atoms with Gasteiger partial charge in [-0.15, -0.1) is 0 Å². The molecule has 0 spiro atoms. The van der Waals surface area contributed by atoms with Gasteiger partial charge in [-0.1, -0.05) is 0 Å². The highest BCUT2D eigenvalue weighted by atomic mass is 19.1. The molecule has 0 unspecified atom stereocenters. The Morgan fingerprint density at radius 3 is 2.29 bits per heavy atom. The first kappa shape index (κ1) is 20.6. The number of rotatable bonds is 7. The Morgan fingerprint density at radius 2 is 1.64 bits per heavy atom. The fraction of sp³-hybridized carbons (Fsp3) is 0.158. The number of ether oxygens (including phenoxy) is 3. The van der Waals surface area contributed by atoms with Crippen molar-refractivity contribution < 1.29 is 33.0 Å². The molecule has 0 aliphatic carbocycles. The maximum absolute atomic E-state index is 12.8. The summed E-state index contributed by atoms with van der Waals surface area (Å²) in [5, 5.41) is 3.76. The number of hydrazone groups is 1. The van der Waals surface area contributed by atoms with Gasteiger partial charge in [-0.05, 0) is 36.4 Å². The van der Waals surface area contributed by atoms with E-state index in [1.807, 2.05) is 0 Å². The number of hydrogen-bond donors (Lipinski definition) is 1. The lowest BCUT2D eigenvalue weighted by Gasteiger charge is -2.08. The minimum absolute atomic E-state index is 0.104. The van der Waals surface area contributed by atoms with Gasteiger partial charge >= 0.3 is 11.9 Å². The minimum Gasteiger partial charge on any atom is -0.484 e. The lowest BCUT2D eigenvalue weighted by molar-refractivity contribution is -0.132. The molecule has 0 saturated carbocycles. The number of nitrogens with one attached hydrogen (secondary N) is 1. The molecule has 1 N–H and O–H groups in total. The van der Waals surface area contributed by atoms with Crippen LogP contribution in [0.25, 0.3) is 0 Å². The summed E-state index contributed by atoms with van der Waals surface area (Å²) in [4.78, 5) is 34.0. The lowest BCUT2D eigenvalue weighted by Crippen LogP contribution is -2.24. The van der Waals surface area contributed by atoms with E-state index in [1.165, 1.54) is 62.5 Å². The van der Waals surface area contributed by atoms with Gasteiger partial charge in [0.25, 0.3) is 5.91 Å². The zero-order valence-corrected chi connectivity index (χ0v) is 15.1. The number of amides is 1. The average Bonchev–Trinajstić information content (AvgIpc) is 2.62. The molecule has 1 amide bonds. The first-order valence-electron chi connectivity index (χ1n) is 8.04. The number of esters is 2. The largest absolute Gasteiger partial charge is 0.484 e. The Kier molecular flexibility index (Phi) is 7.21. The highest BCUT2D eigenvalue weighted by Gasteiger charge is 2.09. The third-order valence-corrected chi connectivity index (χ3v) is 3.08. The van der Waals surface area contributed by atoms with Crippen molar-refractivity contribution in [3.8, 4) is 17.2 Å². The van der Waals surface area contributed by atoms with Crippen molar-refractivity contribution in [3.63, 3.8) is 0 Å². The predicted molar refractivity (Wildman–Crippen MR) is 96.7 cm³/mol. The average molecular weight is 388 g/mol. The van der Waals surface area contributed by atoms with Crippen LogP contribution in [0.15, 0.2) is 47.6 Å². The summed E-state index contributed by atoms with van der Waals surface area (Å²) < 4.78 is 28.0. The summed E-state index contributed by atoms with van der Waals surface area (Å²) in [5.74, 6) is -1.44. The molecule has 0 bridgehead atoms. The Labute approximate surface area is 159 Å². The van der Waals surface area contributed by atoms with Crippen LogP contribution in [-0.2, 0) is 14.4 Å². The number of carbonyl (C=O) groups excluding carboxylic acids is 3. The highest BCUT2D eigenvalue weighted by molar-refractivity contribution is 5.87. The van der Waals surface area contributed by atoms with Gasteiger partial charge in [-0.2, -0.15) is 5.10 Å². The van der Waals surface area contributed by atoms with Gasteiger partial charge in [0, 0.05) is 25.5 Å². The molecule has 0 aliphatic heterocycles. The first-order valence-corrected chi connectivity index (χ1v) is 8.04. The molecule has 9 heteroatoms. The van der Waals surface area contributed by atoms with E-state index in [0.29, 0.717) is 11.3 Å². The molecule has 2 aromatic carbocycles. The van der Waals surface area contributed by atoms with Gasteiger partial charge in [0.05, 0.1) is 6.21 Å². The summed E-state index contributed by atoms with van der Waals surface area (Å²) >= 11 is 0. The minimum atomic E-state index is -0.577. The van der Waals surface area contributed by atoms with E-state index in [-0.39, 0.29) is 18.1 Å². The summed E-state index contributed by atoms with van der Waals surface area (Å²) in [6, 6.07) is 9.53. The number of nitrogens with zero attached hydrogens (tertiary/aromatic N) is 1. The van der Waals surface area contributed by atoms with Gasteiger partial charge in [-0.3, -0.25) is 14.4 Å². The monoisotopic (exact) mass is 388 g/mol. The molecule has 28 heavy (non-hydrogen) atoms. The van der Waals surface area contributed by atoms with Gasteiger partial charge in [0.1, 0.15) is 23.1 Å². The molecule has 0 aromatic heterocycles. The molecule has 0 radical (unpaired) electrons. The predicted octanol–water partition coefficient (Wildman–Crippen LogP) is 2.21. The van der Waals surface area contributed by atoms with Crippen LogP contribution in [-0.4, -0.2) is 30.7 Å². The highest BCUT2D eigenvalue weighted by Crippen LogP contribution is 2.24. The molecular formula is C19H17FN2O6. The van der Waals surface area contributed by atoms with Crippen molar-refractivity contribution in [1.29, 1.82) is 0 Å². The van der Waals surface area contributed by atoms with Crippen LogP contribution in [0.3, 0.4) is 0 Å². The molecule has 0 atom stereocenters. The van der Waals surface area contributed by atoms with Crippen molar-refractivity contribution in [1.82, 2.24) is 5.43 Å². The van der Waals surface area contributed by atoms with Crippen molar-refractivity contribution >= 4 is 24.1 Å². The Bertz CT molecular complexity index is 896. The summed E-state index contributed by atoms with van der Waals surface area (Å²) in [5.41, 5.74) is 2.61. The maximum Gasteiger partial charge on any atom is 0.308 e. The van der Waals surface area contributed by atoms with E-state index in [9.17, 15) is 18.8 Å². The van der Waals surface area contributed by atoms with E-state index in [2.05, 4.69) is 10.5 Å². The van der Waals surface area contributed by atoms with Crippen molar-refractivity contribution in [3.05, 3.63) is 53.8 Å². The molecule has 2 aromatic rings. The smallest absolute Gasteiger partial charge is 0.308 e. The normalized spacial score (nSPS) is 10.4. The number of benzene rings is 2. The topological polar surface area (TPSA) is 103 Å². The molecule has 146 valence electrons. The van der Waals surface area contributed by atoms with Crippen LogP contribution >= 0.6 is 0 Å². The molecule has 0 fully saturated rings. The number of carbonyl (C=O) groups is 3. The van der Waals surface area contributed by atoms with E-state index in [1.54, 1.807) is 0 Å². The summed E-state index contributed by atoms with van der Waals surface area (Å²) in [6.07, 6.45) is 1.26. The molecule has 8 nitrogen and oxygen atoms in total. The summed E-state index contributed by atoms with van der Waals surface area (Å²) in [6.45, 7) is 2.13. The van der Waals surface area contributed by atoms with Crippen molar-refractivity contribution in [2.75, 3.05) is 6.61 Å².